The molecule has 0 spiro atoms. The Balaban J connectivity index is 1.87. The van der Waals surface area contributed by atoms with Gasteiger partial charge in [-0.1, -0.05) is 17.7 Å². The summed E-state index contributed by atoms with van der Waals surface area (Å²) in [6, 6.07) is 4.01. The SMILES string of the molecule is CC(CCN1CCCC1=O)OC(=O)c1cccc(F)c1Cl. The summed E-state index contributed by atoms with van der Waals surface area (Å²) < 4.78 is 18.5. The minimum absolute atomic E-state index is 0.0146. The zero-order valence-corrected chi connectivity index (χ0v) is 12.5. The molecule has 1 unspecified atom stereocenters. The van der Waals surface area contributed by atoms with Gasteiger partial charge in [-0.3, -0.25) is 4.79 Å². The van der Waals surface area contributed by atoms with Crippen molar-refractivity contribution in [2.24, 2.45) is 0 Å². The maximum atomic E-state index is 13.3. The van der Waals surface area contributed by atoms with E-state index in [-0.39, 0.29) is 22.6 Å². The van der Waals surface area contributed by atoms with Crippen LogP contribution in [0, 0.1) is 5.82 Å². The van der Waals surface area contributed by atoms with Gasteiger partial charge in [0, 0.05) is 25.9 Å². The smallest absolute Gasteiger partial charge is 0.340 e. The lowest BCUT2D eigenvalue weighted by molar-refractivity contribution is -0.127. The summed E-state index contributed by atoms with van der Waals surface area (Å²) in [4.78, 5) is 25.2. The monoisotopic (exact) mass is 313 g/mol. The second-order valence-corrected chi connectivity index (χ2v) is 5.47. The molecule has 0 bridgehead atoms. The highest BCUT2D eigenvalue weighted by molar-refractivity contribution is 6.33. The molecule has 0 saturated carbocycles. The number of hydrogen-bond acceptors (Lipinski definition) is 3. The third kappa shape index (κ3) is 3.94. The summed E-state index contributed by atoms with van der Waals surface area (Å²) in [5, 5.41) is -0.232. The molecule has 1 fully saturated rings. The first kappa shape index (κ1) is 15.8. The quantitative estimate of drug-likeness (QED) is 0.785. The number of esters is 1. The van der Waals surface area contributed by atoms with Crippen molar-refractivity contribution in [2.45, 2.75) is 32.3 Å². The molecular weight excluding hydrogens is 297 g/mol. The molecule has 2 rings (SSSR count). The van der Waals surface area contributed by atoms with Crippen LogP contribution in [-0.4, -0.2) is 36.0 Å². The van der Waals surface area contributed by atoms with Crippen LogP contribution in [0.4, 0.5) is 4.39 Å². The van der Waals surface area contributed by atoms with Gasteiger partial charge in [-0.2, -0.15) is 0 Å². The van der Waals surface area contributed by atoms with Gasteiger partial charge < -0.3 is 9.64 Å². The summed E-state index contributed by atoms with van der Waals surface area (Å²) in [6.07, 6.45) is 1.65. The summed E-state index contributed by atoms with van der Waals surface area (Å²) in [6.45, 7) is 3.06. The summed E-state index contributed by atoms with van der Waals surface area (Å²) in [5.41, 5.74) is 0.0146. The van der Waals surface area contributed by atoms with Gasteiger partial charge in [-0.25, -0.2) is 9.18 Å². The van der Waals surface area contributed by atoms with Gasteiger partial charge in [-0.05, 0) is 25.5 Å². The van der Waals surface area contributed by atoms with Crippen LogP contribution in [-0.2, 0) is 9.53 Å². The fourth-order valence-corrected chi connectivity index (χ4v) is 2.45. The third-order valence-corrected chi connectivity index (χ3v) is 3.84. The van der Waals surface area contributed by atoms with E-state index >= 15 is 0 Å². The third-order valence-electron chi connectivity index (χ3n) is 3.46. The Morgan fingerprint density at radius 2 is 2.29 bits per heavy atom. The lowest BCUT2D eigenvalue weighted by Crippen LogP contribution is -2.29. The Hall–Kier alpha value is -1.62. The number of carbonyl (C=O) groups is 2. The van der Waals surface area contributed by atoms with Crippen LogP contribution in [0.1, 0.15) is 36.5 Å². The van der Waals surface area contributed by atoms with Gasteiger partial charge in [0.15, 0.2) is 0 Å². The van der Waals surface area contributed by atoms with E-state index in [0.717, 1.165) is 13.0 Å². The van der Waals surface area contributed by atoms with Crippen molar-refractivity contribution in [2.75, 3.05) is 13.1 Å². The van der Waals surface area contributed by atoms with Gasteiger partial charge in [0.1, 0.15) is 11.9 Å². The molecule has 6 heteroatoms. The van der Waals surface area contributed by atoms with Crippen molar-refractivity contribution >= 4 is 23.5 Å². The number of amides is 1. The van der Waals surface area contributed by atoms with E-state index < -0.39 is 11.8 Å². The molecule has 0 radical (unpaired) electrons. The molecule has 1 aromatic rings. The first-order valence-electron chi connectivity index (χ1n) is 6.92. The summed E-state index contributed by atoms with van der Waals surface area (Å²) in [7, 11) is 0. The predicted molar refractivity (Wildman–Crippen MR) is 76.7 cm³/mol. The second-order valence-electron chi connectivity index (χ2n) is 5.09. The van der Waals surface area contributed by atoms with Crippen LogP contribution in [0.25, 0.3) is 0 Å². The predicted octanol–water partition coefficient (Wildman–Crippen LogP) is 3.04. The van der Waals surface area contributed by atoms with Gasteiger partial charge in [0.2, 0.25) is 5.91 Å². The van der Waals surface area contributed by atoms with E-state index in [0.29, 0.717) is 19.4 Å². The molecule has 0 aromatic heterocycles. The number of hydrogen-bond donors (Lipinski definition) is 0. The Morgan fingerprint density at radius 3 is 2.95 bits per heavy atom. The van der Waals surface area contributed by atoms with Crippen LogP contribution in [0.15, 0.2) is 18.2 Å². The standard InChI is InChI=1S/C15H17ClFNO3/c1-10(7-9-18-8-3-6-13(18)19)21-15(20)11-4-2-5-12(17)14(11)16/h2,4-5,10H,3,6-9H2,1H3. The molecule has 4 nitrogen and oxygen atoms in total. The number of likely N-dealkylation sites (tertiary alicyclic amines) is 1. The molecule has 21 heavy (non-hydrogen) atoms. The van der Waals surface area contributed by atoms with Crippen molar-refractivity contribution in [3.63, 3.8) is 0 Å². The van der Waals surface area contributed by atoms with Gasteiger partial charge in [0.25, 0.3) is 0 Å². The zero-order chi connectivity index (χ0) is 15.4. The van der Waals surface area contributed by atoms with Crippen molar-refractivity contribution in [1.82, 2.24) is 4.90 Å². The fraction of sp³-hybridized carbons (Fsp3) is 0.467. The molecule has 1 heterocycles. The highest BCUT2D eigenvalue weighted by Gasteiger charge is 2.22. The van der Waals surface area contributed by atoms with Gasteiger partial charge in [-0.15, -0.1) is 0 Å². The Labute approximate surface area is 127 Å². The van der Waals surface area contributed by atoms with Gasteiger partial charge in [0.05, 0.1) is 10.6 Å². The summed E-state index contributed by atoms with van der Waals surface area (Å²) >= 11 is 5.74. The Morgan fingerprint density at radius 1 is 1.52 bits per heavy atom. The number of nitrogens with zero attached hydrogens (tertiary/aromatic N) is 1. The molecule has 1 aliphatic heterocycles. The van der Waals surface area contributed by atoms with Crippen LogP contribution >= 0.6 is 11.6 Å². The molecular formula is C15H17ClFNO3. The highest BCUT2D eigenvalue weighted by Crippen LogP contribution is 2.21. The normalized spacial score (nSPS) is 16.1. The maximum Gasteiger partial charge on any atom is 0.340 e. The molecule has 0 aliphatic carbocycles. The van der Waals surface area contributed by atoms with E-state index in [2.05, 4.69) is 0 Å². The van der Waals surface area contributed by atoms with Crippen molar-refractivity contribution < 1.29 is 18.7 Å². The topological polar surface area (TPSA) is 46.6 Å². The van der Waals surface area contributed by atoms with E-state index in [9.17, 15) is 14.0 Å². The molecule has 1 aromatic carbocycles. The van der Waals surface area contributed by atoms with Crippen molar-refractivity contribution in [3.8, 4) is 0 Å². The Bertz CT molecular complexity index is 550. The van der Waals surface area contributed by atoms with Crippen LogP contribution < -0.4 is 0 Å². The molecule has 1 atom stereocenters. The zero-order valence-electron chi connectivity index (χ0n) is 11.8. The van der Waals surface area contributed by atoms with E-state index in [1.807, 2.05) is 0 Å². The van der Waals surface area contributed by atoms with Gasteiger partial charge >= 0.3 is 5.97 Å². The highest BCUT2D eigenvalue weighted by atomic mass is 35.5. The maximum absolute atomic E-state index is 13.3. The number of ether oxygens (including phenoxy) is 1. The lowest BCUT2D eigenvalue weighted by Gasteiger charge is -2.19. The molecule has 114 valence electrons. The van der Waals surface area contributed by atoms with E-state index in [1.54, 1.807) is 11.8 Å². The van der Waals surface area contributed by atoms with Crippen LogP contribution in [0.3, 0.4) is 0 Å². The largest absolute Gasteiger partial charge is 0.459 e. The summed E-state index contributed by atoms with van der Waals surface area (Å²) in [5.74, 6) is -1.16. The average molecular weight is 314 g/mol. The molecule has 1 saturated heterocycles. The Kier molecular flexibility index (Phi) is 5.17. The molecule has 1 amide bonds. The lowest BCUT2D eigenvalue weighted by atomic mass is 10.2. The first-order chi connectivity index (χ1) is 9.99. The van der Waals surface area contributed by atoms with E-state index in [4.69, 9.17) is 16.3 Å². The number of rotatable bonds is 5. The van der Waals surface area contributed by atoms with Crippen molar-refractivity contribution in [1.29, 1.82) is 0 Å². The fourth-order valence-electron chi connectivity index (χ4n) is 2.24. The molecule has 0 N–H and O–H groups in total. The minimum Gasteiger partial charge on any atom is -0.459 e. The van der Waals surface area contributed by atoms with Crippen LogP contribution in [0.2, 0.25) is 5.02 Å². The number of carbonyl (C=O) groups excluding carboxylic acids is 2. The first-order valence-corrected chi connectivity index (χ1v) is 7.29. The van der Waals surface area contributed by atoms with Crippen molar-refractivity contribution in [3.05, 3.63) is 34.6 Å². The minimum atomic E-state index is -0.653. The van der Waals surface area contributed by atoms with Crippen LogP contribution in [0.5, 0.6) is 0 Å². The second kappa shape index (κ2) is 6.89. The number of halogens is 2. The average Bonchev–Trinajstić information content (AvgIpc) is 2.85. The number of benzene rings is 1. The van der Waals surface area contributed by atoms with E-state index in [1.165, 1.54) is 18.2 Å². The molecule has 1 aliphatic rings.